The topological polar surface area (TPSA) is 21.3 Å². The highest BCUT2D eigenvalue weighted by atomic mass is 16.5. The minimum atomic E-state index is 0.561. The van der Waals surface area contributed by atoms with E-state index in [1.165, 1.54) is 44.9 Å². The van der Waals surface area contributed by atoms with Crippen LogP contribution in [0.4, 0.5) is 0 Å². The van der Waals surface area contributed by atoms with Gasteiger partial charge in [0, 0.05) is 12.6 Å². The lowest BCUT2D eigenvalue weighted by Gasteiger charge is -2.26. The molecule has 0 saturated heterocycles. The van der Waals surface area contributed by atoms with Crippen LogP contribution in [0.1, 0.15) is 58.8 Å². The van der Waals surface area contributed by atoms with Crippen molar-refractivity contribution in [2.45, 2.75) is 70.9 Å². The molecule has 1 N–H and O–H groups in total. The Hall–Kier alpha value is -0.0800. The van der Waals surface area contributed by atoms with Crippen LogP contribution < -0.4 is 5.32 Å². The summed E-state index contributed by atoms with van der Waals surface area (Å²) in [6.07, 6.45) is 9.67. The van der Waals surface area contributed by atoms with Gasteiger partial charge in [0.15, 0.2) is 0 Å². The van der Waals surface area contributed by atoms with E-state index >= 15 is 0 Å². The molecule has 1 fully saturated rings. The van der Waals surface area contributed by atoms with Gasteiger partial charge in [-0.2, -0.15) is 0 Å². The standard InChI is InChI=1S/C14H29NO/c1-12-7-6-9-14(11-12)16-10-5-4-8-13(2)15-3/h12-15H,4-11H2,1-3H3. The van der Waals surface area contributed by atoms with Crippen molar-refractivity contribution in [1.29, 1.82) is 0 Å². The van der Waals surface area contributed by atoms with Crippen LogP contribution in [0.2, 0.25) is 0 Å². The van der Waals surface area contributed by atoms with Crippen LogP contribution in [0.3, 0.4) is 0 Å². The first kappa shape index (κ1) is 14.0. The molecule has 0 spiro atoms. The van der Waals surface area contributed by atoms with Crippen LogP contribution >= 0.6 is 0 Å². The maximum Gasteiger partial charge on any atom is 0.0577 e. The second kappa shape index (κ2) is 8.08. The van der Waals surface area contributed by atoms with Gasteiger partial charge >= 0.3 is 0 Å². The Morgan fingerprint density at radius 3 is 2.81 bits per heavy atom. The highest BCUT2D eigenvalue weighted by Gasteiger charge is 2.18. The molecule has 1 rings (SSSR count). The molecule has 0 aromatic heterocycles. The van der Waals surface area contributed by atoms with Crippen LogP contribution in [0.15, 0.2) is 0 Å². The fraction of sp³-hybridized carbons (Fsp3) is 1.00. The lowest BCUT2D eigenvalue weighted by atomic mass is 9.89. The number of ether oxygens (including phenoxy) is 1. The maximum atomic E-state index is 5.95. The van der Waals surface area contributed by atoms with E-state index in [-0.39, 0.29) is 0 Å². The van der Waals surface area contributed by atoms with Crippen LogP contribution in [0.5, 0.6) is 0 Å². The first-order valence-electron chi connectivity index (χ1n) is 7.01. The molecular weight excluding hydrogens is 198 g/mol. The highest BCUT2D eigenvalue weighted by Crippen LogP contribution is 2.25. The van der Waals surface area contributed by atoms with Gasteiger partial charge in [0.05, 0.1) is 6.10 Å². The predicted octanol–water partition coefficient (Wildman–Crippen LogP) is 3.36. The first-order chi connectivity index (χ1) is 7.72. The number of hydrogen-bond acceptors (Lipinski definition) is 2. The van der Waals surface area contributed by atoms with Gasteiger partial charge in [0.2, 0.25) is 0 Å². The van der Waals surface area contributed by atoms with Crippen molar-refractivity contribution in [1.82, 2.24) is 5.32 Å². The van der Waals surface area contributed by atoms with E-state index in [4.69, 9.17) is 4.74 Å². The summed E-state index contributed by atoms with van der Waals surface area (Å²) in [5, 5.41) is 3.27. The third-order valence-electron chi connectivity index (χ3n) is 3.77. The molecule has 16 heavy (non-hydrogen) atoms. The zero-order valence-electron chi connectivity index (χ0n) is 11.3. The van der Waals surface area contributed by atoms with E-state index in [2.05, 4.69) is 19.2 Å². The summed E-state index contributed by atoms with van der Waals surface area (Å²) in [5.74, 6) is 0.878. The Balaban J connectivity index is 1.94. The van der Waals surface area contributed by atoms with Gasteiger partial charge < -0.3 is 10.1 Å². The van der Waals surface area contributed by atoms with E-state index in [9.17, 15) is 0 Å². The van der Waals surface area contributed by atoms with E-state index in [0.717, 1.165) is 12.5 Å². The molecule has 0 radical (unpaired) electrons. The first-order valence-corrected chi connectivity index (χ1v) is 7.01. The Labute approximate surface area is 101 Å². The van der Waals surface area contributed by atoms with Crippen molar-refractivity contribution in [2.24, 2.45) is 5.92 Å². The normalized spacial score (nSPS) is 27.9. The average Bonchev–Trinajstić information content (AvgIpc) is 2.28. The van der Waals surface area contributed by atoms with E-state index < -0.39 is 0 Å². The number of rotatable bonds is 7. The monoisotopic (exact) mass is 227 g/mol. The highest BCUT2D eigenvalue weighted by molar-refractivity contribution is 4.70. The molecule has 0 bridgehead atoms. The van der Waals surface area contributed by atoms with Crippen molar-refractivity contribution >= 4 is 0 Å². The SMILES string of the molecule is CNC(C)CCCCOC1CCCC(C)C1. The molecule has 1 aliphatic rings. The lowest BCUT2D eigenvalue weighted by molar-refractivity contribution is 0.0136. The fourth-order valence-electron chi connectivity index (χ4n) is 2.48. The molecule has 0 aromatic carbocycles. The molecule has 0 aromatic rings. The fourth-order valence-corrected chi connectivity index (χ4v) is 2.48. The Morgan fingerprint density at radius 1 is 1.31 bits per heavy atom. The van der Waals surface area contributed by atoms with E-state index in [1.54, 1.807) is 0 Å². The zero-order chi connectivity index (χ0) is 11.8. The largest absolute Gasteiger partial charge is 0.378 e. The van der Waals surface area contributed by atoms with Gasteiger partial charge in [-0.15, -0.1) is 0 Å². The summed E-state index contributed by atoms with van der Waals surface area (Å²) in [6.45, 7) is 5.56. The Morgan fingerprint density at radius 2 is 2.12 bits per heavy atom. The Kier molecular flexibility index (Phi) is 7.06. The summed E-state index contributed by atoms with van der Waals surface area (Å²) in [4.78, 5) is 0. The van der Waals surface area contributed by atoms with Crippen LogP contribution in [-0.4, -0.2) is 25.8 Å². The van der Waals surface area contributed by atoms with Crippen molar-refractivity contribution in [3.63, 3.8) is 0 Å². The molecule has 2 heteroatoms. The van der Waals surface area contributed by atoms with E-state index in [1.807, 2.05) is 7.05 Å². The average molecular weight is 227 g/mol. The van der Waals surface area contributed by atoms with Crippen molar-refractivity contribution in [3.05, 3.63) is 0 Å². The van der Waals surface area contributed by atoms with Crippen molar-refractivity contribution in [3.8, 4) is 0 Å². The third-order valence-corrected chi connectivity index (χ3v) is 3.77. The molecule has 0 amide bonds. The lowest BCUT2D eigenvalue weighted by Crippen LogP contribution is -2.22. The smallest absolute Gasteiger partial charge is 0.0577 e. The minimum Gasteiger partial charge on any atom is -0.378 e. The molecule has 1 saturated carbocycles. The van der Waals surface area contributed by atoms with Gasteiger partial charge in [0.1, 0.15) is 0 Å². The van der Waals surface area contributed by atoms with Crippen LogP contribution in [0.25, 0.3) is 0 Å². The molecule has 1 aliphatic carbocycles. The van der Waals surface area contributed by atoms with Crippen LogP contribution in [0, 0.1) is 5.92 Å². The molecule has 3 atom stereocenters. The van der Waals surface area contributed by atoms with Gasteiger partial charge in [-0.05, 0) is 52.0 Å². The molecule has 3 unspecified atom stereocenters. The number of hydrogen-bond donors (Lipinski definition) is 1. The number of nitrogens with one attached hydrogen (secondary N) is 1. The number of unbranched alkanes of at least 4 members (excludes halogenated alkanes) is 1. The van der Waals surface area contributed by atoms with Crippen molar-refractivity contribution < 1.29 is 4.74 Å². The second-order valence-corrected chi connectivity index (χ2v) is 5.45. The quantitative estimate of drug-likeness (QED) is 0.673. The minimum absolute atomic E-state index is 0.561. The molecule has 0 aliphatic heterocycles. The van der Waals surface area contributed by atoms with Gasteiger partial charge in [-0.3, -0.25) is 0 Å². The molecule has 0 heterocycles. The van der Waals surface area contributed by atoms with Gasteiger partial charge in [-0.25, -0.2) is 0 Å². The summed E-state index contributed by atoms with van der Waals surface area (Å²) in [5.41, 5.74) is 0. The molecule has 96 valence electrons. The van der Waals surface area contributed by atoms with Gasteiger partial charge in [0.25, 0.3) is 0 Å². The van der Waals surface area contributed by atoms with Crippen LogP contribution in [-0.2, 0) is 4.74 Å². The second-order valence-electron chi connectivity index (χ2n) is 5.45. The third kappa shape index (κ3) is 5.86. The van der Waals surface area contributed by atoms with E-state index in [0.29, 0.717) is 12.1 Å². The summed E-state index contributed by atoms with van der Waals surface area (Å²) >= 11 is 0. The summed E-state index contributed by atoms with van der Waals surface area (Å²) in [6, 6.07) is 0.648. The zero-order valence-corrected chi connectivity index (χ0v) is 11.3. The predicted molar refractivity (Wildman–Crippen MR) is 69.7 cm³/mol. The molecule has 2 nitrogen and oxygen atoms in total. The van der Waals surface area contributed by atoms with Crippen molar-refractivity contribution in [2.75, 3.05) is 13.7 Å². The van der Waals surface area contributed by atoms with Gasteiger partial charge in [-0.1, -0.05) is 19.8 Å². The summed E-state index contributed by atoms with van der Waals surface area (Å²) in [7, 11) is 2.03. The summed E-state index contributed by atoms with van der Waals surface area (Å²) < 4.78 is 5.95. The maximum absolute atomic E-state index is 5.95. The Bertz CT molecular complexity index is 172. The molecular formula is C14H29NO.